The van der Waals surface area contributed by atoms with Gasteiger partial charge in [0.05, 0.1) is 5.69 Å². The minimum atomic E-state index is -0.902. The average Bonchev–Trinajstić information content (AvgIpc) is 2.92. The van der Waals surface area contributed by atoms with Crippen molar-refractivity contribution in [1.29, 1.82) is 0 Å². The monoisotopic (exact) mass is 332 g/mol. The van der Waals surface area contributed by atoms with Crippen molar-refractivity contribution >= 4 is 11.6 Å². The van der Waals surface area contributed by atoms with E-state index in [1.807, 2.05) is 0 Å². The Labute approximate surface area is 134 Å². The molecule has 0 spiro atoms. The SMILES string of the molecule is Cc1onc(-c2ccc(F)cc2)c1C(=O)Nc1ccc(F)cc1F. The molecule has 24 heavy (non-hydrogen) atoms. The fraction of sp³-hybridized carbons (Fsp3) is 0.0588. The first-order chi connectivity index (χ1) is 11.5. The molecular formula is C17H11F3N2O2. The highest BCUT2D eigenvalue weighted by Crippen LogP contribution is 2.27. The molecule has 0 saturated heterocycles. The molecule has 0 aliphatic rings. The first kappa shape index (κ1) is 15.8. The highest BCUT2D eigenvalue weighted by molar-refractivity contribution is 6.08. The largest absolute Gasteiger partial charge is 0.360 e. The molecule has 4 nitrogen and oxygen atoms in total. The van der Waals surface area contributed by atoms with Crippen LogP contribution in [0, 0.1) is 24.4 Å². The molecule has 3 rings (SSSR count). The van der Waals surface area contributed by atoms with Gasteiger partial charge in [0, 0.05) is 11.6 Å². The predicted octanol–water partition coefficient (Wildman–Crippen LogP) is 4.32. The van der Waals surface area contributed by atoms with E-state index >= 15 is 0 Å². The normalized spacial score (nSPS) is 10.7. The summed E-state index contributed by atoms with van der Waals surface area (Å²) in [6.45, 7) is 1.52. The Hall–Kier alpha value is -3.09. The Bertz CT molecular complexity index is 905. The molecule has 0 aliphatic heterocycles. The van der Waals surface area contributed by atoms with E-state index < -0.39 is 23.4 Å². The van der Waals surface area contributed by atoms with Crippen LogP contribution < -0.4 is 5.32 Å². The maximum Gasteiger partial charge on any atom is 0.261 e. The van der Waals surface area contributed by atoms with E-state index in [1.54, 1.807) is 0 Å². The van der Waals surface area contributed by atoms with E-state index in [9.17, 15) is 18.0 Å². The molecule has 122 valence electrons. The summed E-state index contributed by atoms with van der Waals surface area (Å²) in [7, 11) is 0. The van der Waals surface area contributed by atoms with Crippen LogP contribution in [0.1, 0.15) is 16.1 Å². The quantitative estimate of drug-likeness (QED) is 0.777. The lowest BCUT2D eigenvalue weighted by Gasteiger charge is -2.07. The Balaban J connectivity index is 1.95. The third-order valence-corrected chi connectivity index (χ3v) is 3.39. The number of aromatic nitrogens is 1. The molecule has 0 radical (unpaired) electrons. The molecule has 1 N–H and O–H groups in total. The van der Waals surface area contributed by atoms with E-state index in [0.717, 1.165) is 12.1 Å². The fourth-order valence-electron chi connectivity index (χ4n) is 2.22. The highest BCUT2D eigenvalue weighted by Gasteiger charge is 2.22. The maximum atomic E-state index is 13.7. The molecule has 7 heteroatoms. The third kappa shape index (κ3) is 3.01. The highest BCUT2D eigenvalue weighted by atomic mass is 19.1. The lowest BCUT2D eigenvalue weighted by Crippen LogP contribution is -2.14. The summed E-state index contributed by atoms with van der Waals surface area (Å²) in [5, 5.41) is 6.15. The molecular weight excluding hydrogens is 321 g/mol. The van der Waals surface area contributed by atoms with Crippen LogP contribution in [-0.2, 0) is 0 Å². The lowest BCUT2D eigenvalue weighted by atomic mass is 10.1. The first-order valence-corrected chi connectivity index (χ1v) is 6.94. The Kier molecular flexibility index (Phi) is 4.07. The second kappa shape index (κ2) is 6.19. The molecule has 0 saturated carbocycles. The smallest absolute Gasteiger partial charge is 0.261 e. The van der Waals surface area contributed by atoms with Crippen LogP contribution in [-0.4, -0.2) is 11.1 Å². The molecule has 1 aromatic heterocycles. The zero-order valence-corrected chi connectivity index (χ0v) is 12.4. The van der Waals surface area contributed by atoms with Crippen LogP contribution in [0.15, 0.2) is 47.0 Å². The molecule has 3 aromatic rings. The number of nitrogens with one attached hydrogen (secondary N) is 1. The van der Waals surface area contributed by atoms with Gasteiger partial charge in [-0.05, 0) is 43.3 Å². The van der Waals surface area contributed by atoms with Crippen molar-refractivity contribution in [2.45, 2.75) is 6.92 Å². The van der Waals surface area contributed by atoms with Crippen molar-refractivity contribution in [3.8, 4) is 11.3 Å². The number of carbonyl (C=O) groups is 1. The van der Waals surface area contributed by atoms with Crippen LogP contribution in [0.2, 0.25) is 0 Å². The number of hydrogen-bond donors (Lipinski definition) is 1. The number of nitrogens with zero attached hydrogens (tertiary/aromatic N) is 1. The number of aryl methyl sites for hydroxylation is 1. The number of benzene rings is 2. The number of halogens is 3. The number of rotatable bonds is 3. The van der Waals surface area contributed by atoms with Gasteiger partial charge < -0.3 is 9.84 Å². The number of anilines is 1. The predicted molar refractivity (Wildman–Crippen MR) is 80.9 cm³/mol. The zero-order valence-electron chi connectivity index (χ0n) is 12.4. The van der Waals surface area contributed by atoms with Gasteiger partial charge in [0.2, 0.25) is 0 Å². The van der Waals surface area contributed by atoms with E-state index in [1.165, 1.54) is 31.2 Å². The molecule has 0 aliphatic carbocycles. The van der Waals surface area contributed by atoms with Gasteiger partial charge in [-0.2, -0.15) is 0 Å². The summed E-state index contributed by atoms with van der Waals surface area (Å²) in [6.07, 6.45) is 0. The van der Waals surface area contributed by atoms with Crippen molar-refractivity contribution < 1.29 is 22.5 Å². The van der Waals surface area contributed by atoms with Gasteiger partial charge in [-0.3, -0.25) is 4.79 Å². The average molecular weight is 332 g/mol. The van der Waals surface area contributed by atoms with Crippen molar-refractivity contribution in [2.75, 3.05) is 5.32 Å². The summed E-state index contributed by atoms with van der Waals surface area (Å²) < 4.78 is 44.7. The maximum absolute atomic E-state index is 13.7. The van der Waals surface area contributed by atoms with Crippen molar-refractivity contribution in [2.24, 2.45) is 0 Å². The number of amides is 1. The van der Waals surface area contributed by atoms with Gasteiger partial charge in [-0.15, -0.1) is 0 Å². The molecule has 0 atom stereocenters. The van der Waals surface area contributed by atoms with E-state index in [0.29, 0.717) is 11.6 Å². The third-order valence-electron chi connectivity index (χ3n) is 3.39. The first-order valence-electron chi connectivity index (χ1n) is 6.94. The van der Waals surface area contributed by atoms with Gasteiger partial charge in [0.25, 0.3) is 5.91 Å². The van der Waals surface area contributed by atoms with Crippen molar-refractivity contribution in [1.82, 2.24) is 5.16 Å². The van der Waals surface area contributed by atoms with E-state index in [-0.39, 0.29) is 22.7 Å². The van der Waals surface area contributed by atoms with Gasteiger partial charge in [-0.25, -0.2) is 13.2 Å². The minimum absolute atomic E-state index is 0.0883. The van der Waals surface area contributed by atoms with E-state index in [4.69, 9.17) is 4.52 Å². The molecule has 0 unspecified atom stereocenters. The second-order valence-electron chi connectivity index (χ2n) is 5.05. The van der Waals surface area contributed by atoms with Crippen molar-refractivity contribution in [3.63, 3.8) is 0 Å². The summed E-state index contributed by atoms with van der Waals surface area (Å²) in [5.74, 6) is -2.54. The minimum Gasteiger partial charge on any atom is -0.360 e. The topological polar surface area (TPSA) is 55.1 Å². The standard InChI is InChI=1S/C17H11F3N2O2/c1-9-15(16(22-24-9)10-2-4-11(18)5-3-10)17(23)21-14-7-6-12(19)8-13(14)20/h2-8H,1H3,(H,21,23). The second-order valence-corrected chi connectivity index (χ2v) is 5.05. The molecule has 0 bridgehead atoms. The lowest BCUT2D eigenvalue weighted by molar-refractivity contribution is 0.102. The van der Waals surface area contributed by atoms with E-state index in [2.05, 4.69) is 10.5 Å². The van der Waals surface area contributed by atoms with Crippen molar-refractivity contribution in [3.05, 3.63) is 71.2 Å². The molecule has 2 aromatic carbocycles. The van der Waals surface area contributed by atoms with Crippen LogP contribution in [0.5, 0.6) is 0 Å². The molecule has 0 fully saturated rings. The molecule has 1 amide bonds. The van der Waals surface area contributed by atoms with Crippen LogP contribution in [0.25, 0.3) is 11.3 Å². The fourth-order valence-corrected chi connectivity index (χ4v) is 2.22. The summed E-state index contributed by atoms with van der Waals surface area (Å²) >= 11 is 0. The van der Waals surface area contributed by atoms with Gasteiger partial charge in [-0.1, -0.05) is 5.16 Å². The zero-order chi connectivity index (χ0) is 17.3. The molecule has 1 heterocycles. The summed E-state index contributed by atoms with van der Waals surface area (Å²) in [5.41, 5.74) is 0.586. The Morgan fingerprint density at radius 2 is 1.71 bits per heavy atom. The number of hydrogen-bond acceptors (Lipinski definition) is 3. The van der Waals surface area contributed by atoms with Crippen LogP contribution in [0.3, 0.4) is 0 Å². The van der Waals surface area contributed by atoms with Gasteiger partial charge >= 0.3 is 0 Å². The van der Waals surface area contributed by atoms with Gasteiger partial charge in [0.15, 0.2) is 0 Å². The van der Waals surface area contributed by atoms with Crippen LogP contribution in [0.4, 0.5) is 18.9 Å². The van der Waals surface area contributed by atoms with Crippen LogP contribution >= 0.6 is 0 Å². The summed E-state index contributed by atoms with van der Waals surface area (Å²) in [4.78, 5) is 12.4. The Morgan fingerprint density at radius 1 is 1.04 bits per heavy atom. The summed E-state index contributed by atoms with van der Waals surface area (Å²) in [6, 6.07) is 8.14. The number of carbonyl (C=O) groups excluding carboxylic acids is 1. The van der Waals surface area contributed by atoms with Gasteiger partial charge in [0.1, 0.15) is 34.5 Å². The Morgan fingerprint density at radius 3 is 2.38 bits per heavy atom.